The number of allylic oxidation sites excluding steroid dienone is 18. The molecule has 0 heterocycles. The van der Waals surface area contributed by atoms with E-state index >= 15 is 0 Å². The van der Waals surface area contributed by atoms with Gasteiger partial charge in [-0.1, -0.05) is 136 Å². The summed E-state index contributed by atoms with van der Waals surface area (Å²) in [7, 11) is -4.55. The van der Waals surface area contributed by atoms with Crippen LogP contribution in [0.5, 0.6) is 0 Å². The van der Waals surface area contributed by atoms with Crippen LogP contribution in [0.1, 0.15) is 117 Å². The van der Waals surface area contributed by atoms with Crippen molar-refractivity contribution in [3.8, 4) is 0 Å². The molecule has 0 radical (unpaired) electrons. The molecule has 0 amide bonds. The van der Waals surface area contributed by atoms with Crippen molar-refractivity contribution in [2.75, 3.05) is 33.0 Å². The third-order valence-electron chi connectivity index (χ3n) is 7.47. The van der Waals surface area contributed by atoms with Gasteiger partial charge in [-0.2, -0.15) is 0 Å². The highest BCUT2D eigenvalue weighted by Gasteiger charge is 2.26. The van der Waals surface area contributed by atoms with Gasteiger partial charge in [0.15, 0.2) is 0 Å². The second-order valence-corrected chi connectivity index (χ2v) is 14.0. The number of phosphoric ester groups is 1. The fourth-order valence-electron chi connectivity index (χ4n) is 4.51. The fourth-order valence-corrected chi connectivity index (χ4v) is 5.30. The van der Waals surface area contributed by atoms with E-state index in [2.05, 4.69) is 111 Å². The van der Waals surface area contributed by atoms with Crippen molar-refractivity contribution < 1.29 is 43.0 Å². The molecule has 10 heteroatoms. The minimum Gasteiger partial charge on any atom is -0.457 e. The highest BCUT2D eigenvalue weighted by molar-refractivity contribution is 7.47. The summed E-state index contributed by atoms with van der Waals surface area (Å²) in [5.41, 5.74) is 0. The first-order valence-electron chi connectivity index (χ1n) is 19.9. The molecule has 0 saturated heterocycles. The standard InChI is InChI=1S/C44H71O9P/c1-3-5-7-9-11-13-15-17-19-20-21-22-23-24-26-28-30-32-34-36-44(47)53-43(41-52-54(48,49)51-39-42(46)38-45)40-50-37-35-33-31-29-27-25-18-16-14-12-10-8-6-4-2/h5-8,11-14,17-19,21-22,24-26,30,32,42-43,45-46H,3-4,9-10,15-16,20,23,27-29,31,33-41H2,1-2H3,(H,48,49)/b7-5-,8-6-,13-11-,14-12-,19-17-,22-21-,25-18-,26-24-,32-30-. The number of aliphatic hydroxyl groups excluding tert-OH is 2. The highest BCUT2D eigenvalue weighted by Crippen LogP contribution is 2.43. The molecule has 0 spiro atoms. The van der Waals surface area contributed by atoms with E-state index in [1.165, 1.54) is 0 Å². The first kappa shape index (κ1) is 51.1. The monoisotopic (exact) mass is 774 g/mol. The van der Waals surface area contributed by atoms with Crippen LogP contribution in [0.4, 0.5) is 0 Å². The molecule has 3 N–H and O–H groups in total. The van der Waals surface area contributed by atoms with E-state index in [-0.39, 0.29) is 13.0 Å². The van der Waals surface area contributed by atoms with Gasteiger partial charge in [-0.05, 0) is 83.5 Å². The van der Waals surface area contributed by atoms with E-state index < -0.39 is 45.8 Å². The van der Waals surface area contributed by atoms with Gasteiger partial charge in [0.1, 0.15) is 12.2 Å². The van der Waals surface area contributed by atoms with E-state index in [9.17, 15) is 19.4 Å². The minimum atomic E-state index is -4.55. The summed E-state index contributed by atoms with van der Waals surface area (Å²) in [6.45, 7) is 3.08. The van der Waals surface area contributed by atoms with Crippen LogP contribution in [-0.4, -0.2) is 66.3 Å². The molecule has 54 heavy (non-hydrogen) atoms. The first-order valence-corrected chi connectivity index (χ1v) is 21.4. The fraction of sp³-hybridized carbons (Fsp3) is 0.568. The van der Waals surface area contributed by atoms with Gasteiger partial charge in [-0.3, -0.25) is 13.8 Å². The van der Waals surface area contributed by atoms with E-state index in [0.29, 0.717) is 13.0 Å². The van der Waals surface area contributed by atoms with Crippen molar-refractivity contribution in [1.29, 1.82) is 0 Å². The summed E-state index contributed by atoms with van der Waals surface area (Å²) in [4.78, 5) is 22.5. The lowest BCUT2D eigenvalue weighted by atomic mass is 10.1. The lowest BCUT2D eigenvalue weighted by Gasteiger charge is -2.20. The maximum Gasteiger partial charge on any atom is 0.472 e. The van der Waals surface area contributed by atoms with Gasteiger partial charge in [0.2, 0.25) is 0 Å². The van der Waals surface area contributed by atoms with Crippen LogP contribution < -0.4 is 0 Å². The van der Waals surface area contributed by atoms with E-state index in [1.54, 1.807) is 0 Å². The number of esters is 1. The van der Waals surface area contributed by atoms with Crippen molar-refractivity contribution in [1.82, 2.24) is 0 Å². The molecule has 0 aliphatic heterocycles. The summed E-state index contributed by atoms with van der Waals surface area (Å²) in [5.74, 6) is -0.479. The molecule has 306 valence electrons. The number of unbranched alkanes of at least 4 members (excludes halogenated alkanes) is 4. The number of hydrogen-bond acceptors (Lipinski definition) is 8. The predicted molar refractivity (Wildman–Crippen MR) is 223 cm³/mol. The molecule has 0 fully saturated rings. The number of aliphatic hydroxyl groups is 2. The average Bonchev–Trinajstić information content (AvgIpc) is 3.16. The minimum absolute atomic E-state index is 0.00456. The zero-order valence-corrected chi connectivity index (χ0v) is 34.0. The molecule has 9 nitrogen and oxygen atoms in total. The average molecular weight is 775 g/mol. The molecule has 0 aromatic heterocycles. The Bertz CT molecular complexity index is 1200. The van der Waals surface area contributed by atoms with Gasteiger partial charge in [0, 0.05) is 13.0 Å². The smallest absolute Gasteiger partial charge is 0.457 e. The van der Waals surface area contributed by atoms with Crippen LogP contribution in [0.2, 0.25) is 0 Å². The molecule has 0 saturated carbocycles. The van der Waals surface area contributed by atoms with Crippen molar-refractivity contribution >= 4 is 13.8 Å². The Morgan fingerprint density at radius 2 is 1.00 bits per heavy atom. The number of phosphoric acid groups is 1. The predicted octanol–water partition coefficient (Wildman–Crippen LogP) is 10.7. The first-order chi connectivity index (χ1) is 26.3. The van der Waals surface area contributed by atoms with Crippen LogP contribution in [0.15, 0.2) is 109 Å². The van der Waals surface area contributed by atoms with Gasteiger partial charge < -0.3 is 24.6 Å². The van der Waals surface area contributed by atoms with E-state index in [0.717, 1.165) is 89.9 Å². The third-order valence-corrected chi connectivity index (χ3v) is 8.42. The third kappa shape index (κ3) is 38.8. The molecule has 3 unspecified atom stereocenters. The second kappa shape index (κ2) is 39.8. The molecular formula is C44H71O9P. The number of ether oxygens (including phenoxy) is 2. The quantitative estimate of drug-likeness (QED) is 0.0246. The molecule has 0 aliphatic carbocycles. The van der Waals surface area contributed by atoms with Crippen LogP contribution in [0, 0.1) is 0 Å². The maximum absolute atomic E-state index is 12.6. The zero-order chi connectivity index (χ0) is 39.6. The Kier molecular flexibility index (Phi) is 37.7. The van der Waals surface area contributed by atoms with Crippen LogP contribution >= 0.6 is 7.82 Å². The van der Waals surface area contributed by atoms with Gasteiger partial charge in [-0.15, -0.1) is 0 Å². The SMILES string of the molecule is CC/C=C\C/C=C\C/C=C\C/C=C\C/C=C\C/C=C\CCC(=O)OC(COCCCCCC/C=C\C/C=C\C/C=C\CC)COP(=O)(O)OCC(O)CO. The summed E-state index contributed by atoms with van der Waals surface area (Å²) in [5, 5.41) is 18.3. The number of hydrogen-bond donors (Lipinski definition) is 3. The molecule has 0 rings (SSSR count). The molecular weight excluding hydrogens is 703 g/mol. The van der Waals surface area contributed by atoms with Crippen molar-refractivity contribution in [2.24, 2.45) is 0 Å². The Hall–Kier alpha value is -2.88. The molecule has 0 aliphatic rings. The van der Waals surface area contributed by atoms with Crippen molar-refractivity contribution in [2.45, 2.75) is 129 Å². The second-order valence-electron chi connectivity index (χ2n) is 12.5. The van der Waals surface area contributed by atoms with Crippen molar-refractivity contribution in [3.63, 3.8) is 0 Å². The van der Waals surface area contributed by atoms with Crippen molar-refractivity contribution in [3.05, 3.63) is 109 Å². The molecule has 3 atom stereocenters. The van der Waals surface area contributed by atoms with Crippen LogP contribution in [0.25, 0.3) is 0 Å². The normalized spacial score (nSPS) is 15.3. The summed E-state index contributed by atoms with van der Waals surface area (Å²) in [6, 6.07) is 0. The lowest BCUT2D eigenvalue weighted by Crippen LogP contribution is -2.29. The Labute approximate surface area is 327 Å². The van der Waals surface area contributed by atoms with E-state index in [4.69, 9.17) is 23.6 Å². The molecule has 0 aromatic rings. The summed E-state index contributed by atoms with van der Waals surface area (Å²) < 4.78 is 33.2. The summed E-state index contributed by atoms with van der Waals surface area (Å²) >= 11 is 0. The number of carbonyl (C=O) groups is 1. The Morgan fingerprint density at radius 3 is 1.48 bits per heavy atom. The molecule has 0 bridgehead atoms. The van der Waals surface area contributed by atoms with Gasteiger partial charge in [0.05, 0.1) is 26.4 Å². The highest BCUT2D eigenvalue weighted by atomic mass is 31.2. The zero-order valence-electron chi connectivity index (χ0n) is 33.1. The van der Waals surface area contributed by atoms with Gasteiger partial charge in [0.25, 0.3) is 0 Å². The van der Waals surface area contributed by atoms with Gasteiger partial charge >= 0.3 is 13.8 Å². The van der Waals surface area contributed by atoms with Crippen LogP contribution in [0.3, 0.4) is 0 Å². The maximum atomic E-state index is 12.6. The van der Waals surface area contributed by atoms with E-state index in [1.807, 2.05) is 12.2 Å². The number of carbonyl (C=O) groups excluding carboxylic acids is 1. The topological polar surface area (TPSA) is 132 Å². The molecule has 0 aromatic carbocycles. The van der Waals surface area contributed by atoms with Gasteiger partial charge in [-0.25, -0.2) is 4.57 Å². The lowest BCUT2D eigenvalue weighted by molar-refractivity contribution is -0.154. The Morgan fingerprint density at radius 1 is 0.574 bits per heavy atom. The summed E-state index contributed by atoms with van der Waals surface area (Å²) in [6.07, 6.45) is 50.6. The Balaban J connectivity index is 4.42. The number of rotatable bonds is 36. The van der Waals surface area contributed by atoms with Crippen LogP contribution in [-0.2, 0) is 27.9 Å². The largest absolute Gasteiger partial charge is 0.472 e.